The van der Waals surface area contributed by atoms with Gasteiger partial charge < -0.3 is 19.4 Å². The number of alkyl halides is 2. The molecule has 1 unspecified atom stereocenters. The number of aromatic nitrogens is 1. The number of rotatable bonds is 8. The Labute approximate surface area is 194 Å². The van der Waals surface area contributed by atoms with Gasteiger partial charge in [0.1, 0.15) is 17.8 Å². The number of ether oxygens (including phenoxy) is 2. The largest absolute Gasteiger partial charge is 0.453 e. The SMILES string of the molecule is Cc1cc(C(=O)C(C)OC(=O)CN2C(=O)NC(C)(C)C2=O)c(C)n1-c1ccc(OC(F)F)cc1. The number of aryl methyl sites for hydroxylation is 1. The summed E-state index contributed by atoms with van der Waals surface area (Å²) in [5, 5.41) is 2.46. The summed E-state index contributed by atoms with van der Waals surface area (Å²) >= 11 is 0. The minimum Gasteiger partial charge on any atom is -0.453 e. The van der Waals surface area contributed by atoms with Crippen LogP contribution in [0.2, 0.25) is 0 Å². The Hall–Kier alpha value is -3.76. The summed E-state index contributed by atoms with van der Waals surface area (Å²) in [7, 11) is 0. The number of urea groups is 1. The fourth-order valence-corrected chi connectivity index (χ4v) is 3.78. The fraction of sp³-hybridized carbons (Fsp3) is 0.391. The van der Waals surface area contributed by atoms with Crippen molar-refractivity contribution < 1.29 is 37.4 Å². The molecular weight excluding hydrogens is 452 g/mol. The first-order valence-electron chi connectivity index (χ1n) is 10.4. The zero-order chi connectivity index (χ0) is 25.4. The molecular formula is C23H25F2N3O6. The third-order valence-electron chi connectivity index (χ3n) is 5.43. The number of carbonyl (C=O) groups excluding carboxylic acids is 4. The van der Waals surface area contributed by atoms with E-state index in [0.717, 1.165) is 4.90 Å². The quantitative estimate of drug-likeness (QED) is 0.356. The third-order valence-corrected chi connectivity index (χ3v) is 5.43. The molecule has 1 saturated heterocycles. The normalized spacial score (nSPS) is 15.9. The zero-order valence-corrected chi connectivity index (χ0v) is 19.3. The Morgan fingerprint density at radius 1 is 1.12 bits per heavy atom. The average molecular weight is 477 g/mol. The monoisotopic (exact) mass is 477 g/mol. The van der Waals surface area contributed by atoms with E-state index in [0.29, 0.717) is 22.6 Å². The summed E-state index contributed by atoms with van der Waals surface area (Å²) in [6.07, 6.45) is -1.17. The van der Waals surface area contributed by atoms with Gasteiger partial charge in [-0.25, -0.2) is 4.79 Å². The molecule has 1 aliphatic heterocycles. The van der Waals surface area contributed by atoms with E-state index in [1.165, 1.54) is 32.9 Å². The molecule has 3 amide bonds. The van der Waals surface area contributed by atoms with Gasteiger partial charge in [0.05, 0.1) is 0 Å². The van der Waals surface area contributed by atoms with Crippen LogP contribution in [0.3, 0.4) is 0 Å². The minimum absolute atomic E-state index is 0.00611. The first-order valence-corrected chi connectivity index (χ1v) is 10.4. The lowest BCUT2D eigenvalue weighted by Gasteiger charge is -2.17. The van der Waals surface area contributed by atoms with Crippen LogP contribution in [0.4, 0.5) is 13.6 Å². The molecule has 1 fully saturated rings. The molecule has 1 aromatic heterocycles. The van der Waals surface area contributed by atoms with Crippen LogP contribution in [0.1, 0.15) is 42.5 Å². The minimum atomic E-state index is -2.93. The molecule has 2 heterocycles. The highest BCUT2D eigenvalue weighted by Crippen LogP contribution is 2.25. The second kappa shape index (κ2) is 9.24. The second-order valence-electron chi connectivity index (χ2n) is 8.44. The van der Waals surface area contributed by atoms with Crippen LogP contribution in [0.5, 0.6) is 5.75 Å². The number of amides is 3. The van der Waals surface area contributed by atoms with E-state index in [-0.39, 0.29) is 5.75 Å². The first-order chi connectivity index (χ1) is 15.8. The van der Waals surface area contributed by atoms with Crippen molar-refractivity contribution in [3.05, 3.63) is 47.3 Å². The summed E-state index contributed by atoms with van der Waals surface area (Å²) in [4.78, 5) is 50.2. The molecule has 182 valence electrons. The molecule has 3 rings (SSSR count). The standard InChI is InChI=1S/C23H25F2N3O6/c1-12-10-17(13(2)28(12)15-6-8-16(9-7-15)34-21(24)25)19(30)14(3)33-18(29)11-27-20(31)23(4,5)26-22(27)32/h6-10,14,21H,11H2,1-5H3,(H,26,32). The molecule has 34 heavy (non-hydrogen) atoms. The van der Waals surface area contributed by atoms with Gasteiger partial charge in [-0.05, 0) is 65.0 Å². The molecule has 0 radical (unpaired) electrons. The van der Waals surface area contributed by atoms with Gasteiger partial charge in [-0.15, -0.1) is 0 Å². The topological polar surface area (TPSA) is 107 Å². The smallest absolute Gasteiger partial charge is 0.387 e. The number of nitrogens with one attached hydrogen (secondary N) is 1. The highest BCUT2D eigenvalue weighted by Gasteiger charge is 2.45. The van der Waals surface area contributed by atoms with E-state index in [4.69, 9.17) is 4.74 Å². The number of benzene rings is 1. The summed E-state index contributed by atoms with van der Waals surface area (Å²) in [6, 6.07) is 6.86. The molecule has 9 nitrogen and oxygen atoms in total. The van der Waals surface area contributed by atoms with Gasteiger partial charge in [0, 0.05) is 22.6 Å². The van der Waals surface area contributed by atoms with Crippen LogP contribution in [0, 0.1) is 13.8 Å². The molecule has 1 atom stereocenters. The maximum Gasteiger partial charge on any atom is 0.387 e. The Bertz CT molecular complexity index is 1140. The number of carbonyl (C=O) groups is 4. The summed E-state index contributed by atoms with van der Waals surface area (Å²) in [5.74, 6) is -1.93. The molecule has 0 saturated carbocycles. The Morgan fingerprint density at radius 2 is 1.74 bits per heavy atom. The number of nitrogens with zero attached hydrogens (tertiary/aromatic N) is 2. The van der Waals surface area contributed by atoms with E-state index in [9.17, 15) is 28.0 Å². The number of imide groups is 1. The maximum absolute atomic E-state index is 13.0. The maximum atomic E-state index is 13.0. The summed E-state index contributed by atoms with van der Waals surface area (Å²) in [5.41, 5.74) is 1.07. The van der Waals surface area contributed by atoms with E-state index in [1.807, 2.05) is 0 Å². The first kappa shape index (κ1) is 24.9. The van der Waals surface area contributed by atoms with Crippen LogP contribution < -0.4 is 10.1 Å². The average Bonchev–Trinajstić information content (AvgIpc) is 3.14. The fourth-order valence-electron chi connectivity index (χ4n) is 3.78. The van der Waals surface area contributed by atoms with Crippen LogP contribution in [-0.2, 0) is 14.3 Å². The van der Waals surface area contributed by atoms with Crippen molar-refractivity contribution in [3.8, 4) is 11.4 Å². The van der Waals surface area contributed by atoms with E-state index in [1.54, 1.807) is 36.6 Å². The number of esters is 1. The predicted octanol–water partition coefficient (Wildman–Crippen LogP) is 3.14. The van der Waals surface area contributed by atoms with Crippen molar-refractivity contribution in [1.29, 1.82) is 0 Å². The number of halogens is 2. The molecule has 0 bridgehead atoms. The molecule has 0 aliphatic carbocycles. The van der Waals surface area contributed by atoms with Gasteiger partial charge in [-0.3, -0.25) is 19.3 Å². The van der Waals surface area contributed by atoms with Gasteiger partial charge in [0.25, 0.3) is 5.91 Å². The van der Waals surface area contributed by atoms with Crippen molar-refractivity contribution in [3.63, 3.8) is 0 Å². The lowest BCUT2D eigenvalue weighted by atomic mass is 10.1. The number of Topliss-reactive ketones (excluding diaryl/α,β-unsaturated/α-hetero) is 1. The number of ketones is 1. The van der Waals surface area contributed by atoms with Crippen LogP contribution in [0.15, 0.2) is 30.3 Å². The Balaban J connectivity index is 1.72. The highest BCUT2D eigenvalue weighted by molar-refractivity contribution is 6.08. The van der Waals surface area contributed by atoms with Crippen LogP contribution >= 0.6 is 0 Å². The van der Waals surface area contributed by atoms with E-state index < -0.39 is 48.5 Å². The number of hydrogen-bond acceptors (Lipinski definition) is 6. The van der Waals surface area contributed by atoms with Gasteiger partial charge in [0.2, 0.25) is 5.78 Å². The lowest BCUT2D eigenvalue weighted by molar-refractivity contribution is -0.149. The van der Waals surface area contributed by atoms with Crippen LogP contribution in [-0.4, -0.2) is 58.0 Å². The van der Waals surface area contributed by atoms with Crippen molar-refractivity contribution in [2.75, 3.05) is 6.54 Å². The molecule has 11 heteroatoms. The van der Waals surface area contributed by atoms with Crippen molar-refractivity contribution in [2.24, 2.45) is 0 Å². The molecule has 2 aromatic rings. The summed E-state index contributed by atoms with van der Waals surface area (Å²) in [6.45, 7) is 4.35. The van der Waals surface area contributed by atoms with Gasteiger partial charge >= 0.3 is 18.6 Å². The second-order valence-corrected chi connectivity index (χ2v) is 8.44. The van der Waals surface area contributed by atoms with Crippen molar-refractivity contribution in [1.82, 2.24) is 14.8 Å². The molecule has 0 spiro atoms. The molecule has 1 aromatic carbocycles. The van der Waals surface area contributed by atoms with Crippen LogP contribution in [0.25, 0.3) is 5.69 Å². The van der Waals surface area contributed by atoms with Crippen molar-refractivity contribution >= 4 is 23.7 Å². The predicted molar refractivity (Wildman–Crippen MR) is 116 cm³/mol. The molecule has 1 N–H and O–H groups in total. The van der Waals surface area contributed by atoms with Gasteiger partial charge in [0.15, 0.2) is 6.10 Å². The van der Waals surface area contributed by atoms with Crippen molar-refractivity contribution in [2.45, 2.75) is 52.9 Å². The molecule has 1 aliphatic rings. The summed E-state index contributed by atoms with van der Waals surface area (Å²) < 4.78 is 36.1. The van der Waals surface area contributed by atoms with E-state index >= 15 is 0 Å². The van der Waals surface area contributed by atoms with E-state index in [2.05, 4.69) is 10.1 Å². The highest BCUT2D eigenvalue weighted by atomic mass is 19.3. The third kappa shape index (κ3) is 4.92. The van der Waals surface area contributed by atoms with Gasteiger partial charge in [-0.1, -0.05) is 0 Å². The Morgan fingerprint density at radius 3 is 2.26 bits per heavy atom. The Kier molecular flexibility index (Phi) is 6.76. The number of hydrogen-bond donors (Lipinski definition) is 1. The lowest BCUT2D eigenvalue weighted by Crippen LogP contribution is -2.41. The van der Waals surface area contributed by atoms with Gasteiger partial charge in [-0.2, -0.15) is 8.78 Å². The zero-order valence-electron chi connectivity index (χ0n) is 19.3.